The van der Waals surface area contributed by atoms with Gasteiger partial charge in [0.2, 0.25) is 11.0 Å². The van der Waals surface area contributed by atoms with E-state index in [1.807, 2.05) is 0 Å². The smallest absolute Gasteiger partial charge is 0.330 e. The molecule has 6 N–H and O–H groups in total. The molecule has 1 fully saturated rings. The Kier molecular flexibility index (Phi) is 3.42. The second kappa shape index (κ2) is 5.27. The number of nitrogens with zero attached hydrogens (tertiary/aromatic N) is 5. The molecule has 1 aliphatic heterocycles. The van der Waals surface area contributed by atoms with E-state index >= 15 is 0 Å². The zero-order valence-electron chi connectivity index (χ0n) is 11.1. The number of aliphatic hydroxyl groups is 2. The predicted molar refractivity (Wildman–Crippen MR) is 70.6 cm³/mol. The fourth-order valence-electron chi connectivity index (χ4n) is 2.48. The van der Waals surface area contributed by atoms with Crippen molar-refractivity contribution in [3.8, 4) is 0 Å². The summed E-state index contributed by atoms with van der Waals surface area (Å²) < 4.78 is 6.57. The summed E-state index contributed by atoms with van der Waals surface area (Å²) in [6, 6.07) is -1.04. The van der Waals surface area contributed by atoms with Crippen molar-refractivity contribution in [2.24, 2.45) is 5.11 Å². The number of H-pyrrole nitrogens is 1. The van der Waals surface area contributed by atoms with E-state index in [0.717, 1.165) is 4.57 Å². The van der Waals surface area contributed by atoms with E-state index in [-0.39, 0.29) is 17.0 Å². The third-order valence-corrected chi connectivity index (χ3v) is 3.50. The number of nitrogens with one attached hydrogen (secondary N) is 2. The summed E-state index contributed by atoms with van der Waals surface area (Å²) >= 11 is 0. The van der Waals surface area contributed by atoms with Crippen molar-refractivity contribution in [1.82, 2.24) is 24.4 Å². The summed E-state index contributed by atoms with van der Waals surface area (Å²) in [6.45, 7) is -0.476. The number of ether oxygens (including phenoxy) is 1. The number of rotatable bonds is 3. The van der Waals surface area contributed by atoms with Gasteiger partial charge in [0.05, 0.1) is 6.61 Å². The Bertz CT molecular complexity index is 809. The number of fused-ring (bicyclic) bond motifs is 1. The minimum atomic E-state index is -1.22. The first-order valence-corrected chi connectivity index (χ1v) is 6.30. The van der Waals surface area contributed by atoms with Crippen molar-refractivity contribution in [3.63, 3.8) is 0 Å². The van der Waals surface area contributed by atoms with Crippen molar-refractivity contribution < 1.29 is 14.9 Å². The van der Waals surface area contributed by atoms with Crippen molar-refractivity contribution >= 4 is 17.0 Å². The standard InChI is InChI=1S/C10H12N8O4/c11-7-5-8(14-2-13-7)18(10(21)15-5)9-4(16-17-12)6(20)3(1-19)22-9/h2-4,6,9,11,19-20H,1H2,(H2,12,16)/p+1. The molecule has 2 aromatic rings. The van der Waals surface area contributed by atoms with E-state index in [9.17, 15) is 15.0 Å². The predicted octanol–water partition coefficient (Wildman–Crippen LogP) is -2.13. The molecule has 12 heteroatoms. The molecule has 22 heavy (non-hydrogen) atoms. The van der Waals surface area contributed by atoms with E-state index in [0.29, 0.717) is 0 Å². The van der Waals surface area contributed by atoms with Gasteiger partial charge in [0.25, 0.3) is 0 Å². The van der Waals surface area contributed by atoms with Crippen LogP contribution in [0.3, 0.4) is 0 Å². The molecule has 0 aliphatic carbocycles. The molecule has 0 radical (unpaired) electrons. The van der Waals surface area contributed by atoms with Crippen LogP contribution < -0.4 is 16.3 Å². The van der Waals surface area contributed by atoms with Crippen LogP contribution in [0.2, 0.25) is 0 Å². The summed E-state index contributed by atoms with van der Waals surface area (Å²) in [4.78, 5) is 25.3. The van der Waals surface area contributed by atoms with Gasteiger partial charge in [-0.15, -0.1) is 0 Å². The molecule has 2 aromatic heterocycles. The third kappa shape index (κ3) is 1.98. The molecule has 0 saturated carbocycles. The van der Waals surface area contributed by atoms with Crippen LogP contribution in [-0.2, 0) is 4.74 Å². The van der Waals surface area contributed by atoms with Crippen LogP contribution in [-0.4, -0.2) is 54.6 Å². The maximum absolute atomic E-state index is 12.2. The van der Waals surface area contributed by atoms with E-state index in [4.69, 9.17) is 16.0 Å². The van der Waals surface area contributed by atoms with Crippen LogP contribution in [0, 0.1) is 5.53 Å². The highest BCUT2D eigenvalue weighted by atomic mass is 16.5. The summed E-state index contributed by atoms with van der Waals surface area (Å²) in [6.07, 6.45) is -2.09. The third-order valence-electron chi connectivity index (χ3n) is 3.50. The maximum Gasteiger partial charge on any atom is 0.330 e. The highest BCUT2D eigenvalue weighted by Gasteiger charge is 2.49. The van der Waals surface area contributed by atoms with E-state index in [1.165, 1.54) is 6.33 Å². The number of hydrogen-bond acceptors (Lipinski definition) is 9. The first-order valence-electron chi connectivity index (χ1n) is 6.30. The lowest BCUT2D eigenvalue weighted by Crippen LogP contribution is -2.34. The summed E-state index contributed by atoms with van der Waals surface area (Å²) in [5, 5.41) is 22.8. The van der Waals surface area contributed by atoms with Crippen LogP contribution in [0.1, 0.15) is 6.23 Å². The average molecular weight is 309 g/mol. The average Bonchev–Trinajstić information content (AvgIpc) is 2.98. The van der Waals surface area contributed by atoms with Crippen molar-refractivity contribution in [3.05, 3.63) is 16.8 Å². The van der Waals surface area contributed by atoms with E-state index in [2.05, 4.69) is 25.0 Å². The molecule has 3 rings (SSSR count). The molecule has 1 aliphatic rings. The molecular weight excluding hydrogens is 296 g/mol. The van der Waals surface area contributed by atoms with Crippen molar-refractivity contribution in [1.29, 1.82) is 5.53 Å². The maximum atomic E-state index is 12.2. The van der Waals surface area contributed by atoms with E-state index < -0.39 is 36.8 Å². The monoisotopic (exact) mass is 309 g/mol. The number of aromatic nitrogens is 4. The largest absolute Gasteiger partial charge is 0.394 e. The van der Waals surface area contributed by atoms with Gasteiger partial charge in [-0.3, -0.25) is 0 Å². The summed E-state index contributed by atoms with van der Waals surface area (Å²) in [5.41, 5.74) is 12.3. The zero-order valence-corrected chi connectivity index (χ0v) is 11.1. The van der Waals surface area contributed by atoms with Gasteiger partial charge < -0.3 is 25.7 Å². The lowest BCUT2D eigenvalue weighted by Gasteiger charge is -2.13. The van der Waals surface area contributed by atoms with Gasteiger partial charge >= 0.3 is 5.69 Å². The minimum Gasteiger partial charge on any atom is -0.394 e. The van der Waals surface area contributed by atoms with Gasteiger partial charge in [-0.2, -0.15) is 0 Å². The number of aromatic amines is 1. The molecule has 3 heterocycles. The first kappa shape index (κ1) is 14.3. The minimum absolute atomic E-state index is 0.0803. The van der Waals surface area contributed by atoms with Crippen molar-refractivity contribution in [2.75, 3.05) is 12.3 Å². The number of nitrogens with two attached hydrogens (primary N) is 1. The fourth-order valence-corrected chi connectivity index (χ4v) is 2.48. The van der Waals surface area contributed by atoms with Crippen LogP contribution in [0.15, 0.2) is 16.2 Å². The quantitative estimate of drug-likeness (QED) is 0.316. The van der Waals surface area contributed by atoms with Crippen LogP contribution >= 0.6 is 0 Å². The zero-order chi connectivity index (χ0) is 15.9. The normalized spacial score (nSPS) is 27.9. The Morgan fingerprint density at radius 2 is 2.36 bits per heavy atom. The number of aliphatic hydroxyl groups excluding tert-OH is 2. The van der Waals surface area contributed by atoms with E-state index in [1.54, 1.807) is 0 Å². The molecule has 0 aromatic carbocycles. The molecule has 1 saturated heterocycles. The lowest BCUT2D eigenvalue weighted by molar-refractivity contribution is -0.0447. The van der Waals surface area contributed by atoms with Gasteiger partial charge in [-0.05, 0) is 0 Å². The van der Waals surface area contributed by atoms with Gasteiger partial charge in [0, 0.05) is 0 Å². The molecule has 0 amide bonds. The highest BCUT2D eigenvalue weighted by Crippen LogP contribution is 2.32. The fraction of sp³-hybridized carbons (Fsp3) is 0.500. The summed E-state index contributed by atoms with van der Waals surface area (Å²) in [5.74, 6) is 0.0803. The van der Waals surface area contributed by atoms with Crippen LogP contribution in [0.25, 0.3) is 11.2 Å². The second-order valence-electron chi connectivity index (χ2n) is 4.70. The molecule has 4 unspecified atom stereocenters. The second-order valence-corrected chi connectivity index (χ2v) is 4.70. The lowest BCUT2D eigenvalue weighted by atomic mass is 10.1. The van der Waals surface area contributed by atoms with Gasteiger partial charge in [0.1, 0.15) is 34.7 Å². The van der Waals surface area contributed by atoms with Gasteiger partial charge in [-0.25, -0.2) is 19.3 Å². The topological polar surface area (TPSA) is 190 Å². The Hall–Kier alpha value is -2.66. The molecule has 0 spiro atoms. The molecule has 4 atom stereocenters. The molecule has 0 bridgehead atoms. The number of anilines is 1. The van der Waals surface area contributed by atoms with Crippen LogP contribution in [0.4, 0.5) is 5.82 Å². The number of nitrogen functional groups attached to an aromatic ring is 1. The Morgan fingerprint density at radius 3 is 3.05 bits per heavy atom. The Morgan fingerprint density at radius 1 is 1.59 bits per heavy atom. The van der Waals surface area contributed by atoms with Gasteiger partial charge in [0.15, 0.2) is 17.7 Å². The number of imidazole rings is 1. The Labute approximate surface area is 121 Å². The first-order chi connectivity index (χ1) is 10.6. The highest BCUT2D eigenvalue weighted by molar-refractivity contribution is 5.81. The van der Waals surface area contributed by atoms with Crippen LogP contribution in [0.5, 0.6) is 0 Å². The number of hydrogen-bond donors (Lipinski definition) is 5. The molecule has 116 valence electrons. The van der Waals surface area contributed by atoms with Gasteiger partial charge in [-0.1, -0.05) is 0 Å². The Balaban J connectivity index is 2.18. The SMILES string of the molecule is N=[N+]=NC1C(O)C(CO)OC1n1c(=O)[nH]c2c(N)ncnc21. The summed E-state index contributed by atoms with van der Waals surface area (Å²) in [7, 11) is 0. The molecule has 12 nitrogen and oxygen atoms in total. The molecular formula is C10H13N8O4+. The van der Waals surface area contributed by atoms with Crippen molar-refractivity contribution in [2.45, 2.75) is 24.5 Å².